The number of nitrogens with zero attached hydrogens (tertiary/aromatic N) is 2. The van der Waals surface area contributed by atoms with Crippen LogP contribution < -0.4 is 9.47 Å². The average molecular weight is 570 g/mol. The molecule has 5 heterocycles. The van der Waals surface area contributed by atoms with Gasteiger partial charge < -0.3 is 15.1 Å². The van der Waals surface area contributed by atoms with E-state index in [2.05, 4.69) is 12.1 Å². The molecular weight excluding hydrogens is 553 g/mol. The zero-order chi connectivity index (χ0) is 24.8. The topological polar surface area (TPSA) is 81.7 Å². The number of anilines is 1. The van der Waals surface area contributed by atoms with E-state index in [9.17, 15) is 19.8 Å². The van der Waals surface area contributed by atoms with Crippen LogP contribution in [0, 0.1) is 0 Å². The van der Waals surface area contributed by atoms with Gasteiger partial charge in [-0.1, -0.05) is 41.3 Å². The molecule has 1 aliphatic rings. The van der Waals surface area contributed by atoms with Gasteiger partial charge in [0.15, 0.2) is 0 Å². The van der Waals surface area contributed by atoms with Crippen LogP contribution in [0.1, 0.15) is 5.01 Å². The Hall–Kier alpha value is -2.96. The van der Waals surface area contributed by atoms with Gasteiger partial charge >= 0.3 is 11.9 Å². The molecule has 2 N–H and O–H groups in total. The van der Waals surface area contributed by atoms with Crippen molar-refractivity contribution < 1.29 is 24.4 Å². The lowest BCUT2D eigenvalue weighted by atomic mass is 10.2. The average Bonchev–Trinajstić information content (AvgIpc) is 3.65. The number of carboxylic acid groups (broad SMARTS) is 2. The number of thiophene rings is 3. The van der Waals surface area contributed by atoms with Crippen molar-refractivity contribution in [3.8, 4) is 20.2 Å². The van der Waals surface area contributed by atoms with Gasteiger partial charge in [0.25, 0.3) is 5.01 Å². The predicted octanol–water partition coefficient (Wildman–Crippen LogP) is 6.79. The van der Waals surface area contributed by atoms with Crippen molar-refractivity contribution in [1.29, 1.82) is 0 Å². The van der Waals surface area contributed by atoms with Crippen LogP contribution in [0.5, 0.6) is 0 Å². The number of aromatic nitrogens is 1. The highest BCUT2D eigenvalue weighted by Crippen LogP contribution is 2.53. The highest BCUT2D eigenvalue weighted by molar-refractivity contribution is 8.05. The van der Waals surface area contributed by atoms with E-state index in [-0.39, 0.29) is 13.1 Å². The van der Waals surface area contributed by atoms with E-state index in [0.29, 0.717) is 0 Å². The molecule has 5 aromatic rings. The Morgan fingerprint density at radius 3 is 2.39 bits per heavy atom. The summed E-state index contributed by atoms with van der Waals surface area (Å²) in [5.41, 5.74) is 2.77. The second kappa shape index (κ2) is 9.49. The number of hydrogen-bond acceptors (Lipinski definition) is 8. The van der Waals surface area contributed by atoms with Crippen molar-refractivity contribution in [3.63, 3.8) is 0 Å². The molecule has 1 aliphatic heterocycles. The van der Waals surface area contributed by atoms with Gasteiger partial charge in [-0.25, -0.2) is 4.79 Å². The Labute approximate surface area is 226 Å². The minimum Gasteiger partial charge on any atom is -0.480 e. The summed E-state index contributed by atoms with van der Waals surface area (Å²) < 4.78 is 3.82. The van der Waals surface area contributed by atoms with Gasteiger partial charge in [0, 0.05) is 20.7 Å². The van der Waals surface area contributed by atoms with E-state index in [1.165, 1.54) is 23.1 Å². The SMILES string of the molecule is O=C(O)CN1C(=Cc2sc3ccc(-c4cccs4)cc3[n+]2CC(=O)O)Sc2sc(-c3cccs3)cc21. The lowest BCUT2D eigenvalue weighted by Crippen LogP contribution is -2.39. The van der Waals surface area contributed by atoms with Gasteiger partial charge in [0.05, 0.1) is 21.0 Å². The van der Waals surface area contributed by atoms with Crippen LogP contribution >= 0.6 is 57.1 Å². The number of carbonyl (C=O) groups is 2. The van der Waals surface area contributed by atoms with Crippen LogP contribution in [0.4, 0.5) is 5.69 Å². The summed E-state index contributed by atoms with van der Waals surface area (Å²) >= 11 is 7.98. The Bertz CT molecular complexity index is 1630. The highest BCUT2D eigenvalue weighted by atomic mass is 32.2. The molecule has 0 aliphatic carbocycles. The molecule has 0 bridgehead atoms. The van der Waals surface area contributed by atoms with Crippen molar-refractivity contribution in [3.05, 3.63) is 69.3 Å². The fraction of sp³-hybridized carbons (Fsp3) is 0.0800. The van der Waals surface area contributed by atoms with Gasteiger partial charge in [-0.2, -0.15) is 4.57 Å². The second-order valence-electron chi connectivity index (χ2n) is 7.91. The van der Waals surface area contributed by atoms with Crippen LogP contribution in [0.15, 0.2) is 68.5 Å². The zero-order valence-corrected chi connectivity index (χ0v) is 22.5. The molecule has 0 fully saturated rings. The molecule has 1 aromatic carbocycles. The van der Waals surface area contributed by atoms with E-state index >= 15 is 0 Å². The summed E-state index contributed by atoms with van der Waals surface area (Å²) in [6.45, 7) is -0.347. The van der Waals surface area contributed by atoms with Crippen molar-refractivity contribution >= 4 is 91.0 Å². The number of thioether (sulfide) groups is 1. The van der Waals surface area contributed by atoms with Gasteiger partial charge in [-0.3, -0.25) is 4.79 Å². The third kappa shape index (κ3) is 4.37. The first-order valence-electron chi connectivity index (χ1n) is 10.7. The largest absolute Gasteiger partial charge is 0.480 e. The molecule has 11 heteroatoms. The van der Waals surface area contributed by atoms with E-state index in [1.807, 2.05) is 58.1 Å². The molecule has 4 aromatic heterocycles. The molecule has 0 saturated heterocycles. The Kier molecular flexibility index (Phi) is 6.18. The number of hydrogen-bond donors (Lipinski definition) is 2. The van der Waals surface area contributed by atoms with Crippen LogP contribution in [-0.2, 0) is 16.1 Å². The summed E-state index contributed by atoms with van der Waals surface area (Å²) in [6, 6.07) is 16.3. The third-order valence-electron chi connectivity index (χ3n) is 5.57. The quantitative estimate of drug-likeness (QED) is 0.210. The lowest BCUT2D eigenvalue weighted by molar-refractivity contribution is -0.657. The van der Waals surface area contributed by atoms with Gasteiger partial charge in [0.2, 0.25) is 12.1 Å². The second-order valence-corrected chi connectivity index (χ2v) is 13.2. The maximum atomic E-state index is 11.8. The Balaban J connectivity index is 1.44. The Morgan fingerprint density at radius 2 is 1.69 bits per heavy atom. The predicted molar refractivity (Wildman–Crippen MR) is 149 cm³/mol. The summed E-state index contributed by atoms with van der Waals surface area (Å²) in [4.78, 5) is 28.7. The fourth-order valence-corrected chi connectivity index (χ4v) is 9.24. The van der Waals surface area contributed by atoms with Crippen LogP contribution in [0.3, 0.4) is 0 Å². The summed E-state index contributed by atoms with van der Waals surface area (Å²) in [5, 5.41) is 24.9. The molecule has 0 saturated carbocycles. The molecule has 36 heavy (non-hydrogen) atoms. The zero-order valence-electron chi connectivity index (χ0n) is 18.4. The molecule has 0 unspecified atom stereocenters. The maximum Gasteiger partial charge on any atom is 0.370 e. The van der Waals surface area contributed by atoms with E-state index < -0.39 is 11.9 Å². The number of rotatable bonds is 7. The summed E-state index contributed by atoms with van der Waals surface area (Å²) in [7, 11) is 0. The normalized spacial score (nSPS) is 14.1. The number of aliphatic carboxylic acids is 2. The number of benzene rings is 1. The molecule has 0 spiro atoms. The molecule has 6 rings (SSSR count). The molecular formula is C25H17N2O4S5+. The molecule has 0 radical (unpaired) electrons. The maximum absolute atomic E-state index is 11.8. The summed E-state index contributed by atoms with van der Waals surface area (Å²) in [6.07, 6.45) is 1.92. The molecule has 180 valence electrons. The van der Waals surface area contributed by atoms with E-state index in [0.717, 1.165) is 50.3 Å². The fourth-order valence-electron chi connectivity index (χ4n) is 4.05. The van der Waals surface area contributed by atoms with Crippen molar-refractivity contribution in [2.24, 2.45) is 0 Å². The van der Waals surface area contributed by atoms with Crippen molar-refractivity contribution in [2.75, 3.05) is 11.4 Å². The van der Waals surface area contributed by atoms with E-state index in [1.54, 1.807) is 38.6 Å². The van der Waals surface area contributed by atoms with E-state index in [4.69, 9.17) is 0 Å². The first-order valence-corrected chi connectivity index (χ1v) is 15.0. The van der Waals surface area contributed by atoms with Gasteiger partial charge in [-0.15, -0.1) is 34.0 Å². The first kappa shape index (κ1) is 23.4. The number of fused-ring (bicyclic) bond motifs is 2. The molecule has 6 nitrogen and oxygen atoms in total. The van der Waals surface area contributed by atoms with Gasteiger partial charge in [-0.05, 0) is 40.6 Å². The van der Waals surface area contributed by atoms with Crippen LogP contribution in [-0.4, -0.2) is 28.7 Å². The highest BCUT2D eigenvalue weighted by Gasteiger charge is 2.32. The monoisotopic (exact) mass is 569 g/mol. The number of carboxylic acids is 2. The van der Waals surface area contributed by atoms with Gasteiger partial charge in [0.1, 0.15) is 11.2 Å². The molecule has 0 atom stereocenters. The lowest BCUT2D eigenvalue weighted by Gasteiger charge is -2.16. The van der Waals surface area contributed by atoms with Crippen LogP contribution in [0.2, 0.25) is 0 Å². The minimum absolute atomic E-state index is 0.168. The first-order chi connectivity index (χ1) is 17.5. The van der Waals surface area contributed by atoms with Crippen LogP contribution in [0.25, 0.3) is 36.5 Å². The standard InChI is InChI=1S/C25H16N2O4S5/c28-23(29)12-26-15-9-14(17-3-1-7-32-17)5-6-18(15)34-21(26)11-22-27(13-24(30)31)16-10-20(35-25(16)36-22)19-4-2-8-33-19/h1-11H,12-13H2,(H-,28,29,30,31)/p+1. The smallest absolute Gasteiger partial charge is 0.370 e. The summed E-state index contributed by atoms with van der Waals surface area (Å²) in [5.74, 6) is -1.85. The minimum atomic E-state index is -0.929. The Morgan fingerprint density at radius 1 is 0.917 bits per heavy atom. The number of thiazole rings is 1. The van der Waals surface area contributed by atoms with Crippen molar-refractivity contribution in [1.82, 2.24) is 0 Å². The molecule has 0 amide bonds. The van der Waals surface area contributed by atoms with Crippen molar-refractivity contribution in [2.45, 2.75) is 10.8 Å². The third-order valence-corrected chi connectivity index (χ3v) is 11.0.